The van der Waals surface area contributed by atoms with Crippen molar-refractivity contribution in [3.8, 4) is 11.5 Å². The molecule has 1 rings (SSSR count). The zero-order valence-corrected chi connectivity index (χ0v) is 6.26. The minimum absolute atomic E-state index is 0.0460. The quantitative estimate of drug-likeness (QED) is 0.581. The first-order valence-corrected chi connectivity index (χ1v) is 3.40. The lowest BCUT2D eigenvalue weighted by atomic mass is 10.1. The molecule has 0 fully saturated rings. The molecule has 0 atom stereocenters. The summed E-state index contributed by atoms with van der Waals surface area (Å²) in [5, 5.41) is 18.1. The highest BCUT2D eigenvalue weighted by atomic mass is 19.1. The zero-order chi connectivity index (χ0) is 10.9. The number of benzene rings is 1. The minimum Gasteiger partial charge on any atom is -0.504 e. The van der Waals surface area contributed by atoms with Crippen molar-refractivity contribution in [3.63, 3.8) is 0 Å². The van der Waals surface area contributed by atoms with E-state index in [4.69, 9.17) is 18.7 Å². The summed E-state index contributed by atoms with van der Waals surface area (Å²) in [6.45, 7) is 0.104. The van der Waals surface area contributed by atoms with Crippen molar-refractivity contribution in [2.24, 2.45) is 5.73 Å². The molecule has 1 aromatic rings. The first kappa shape index (κ1) is 6.25. The maximum absolute atomic E-state index is 13.2. The van der Waals surface area contributed by atoms with Gasteiger partial charge < -0.3 is 15.9 Å². The SMILES string of the molecule is [3H]c1c([3H])c(CCN)c(F)c(O)c1O. The molecular weight excluding hydrogens is 161 g/mol. The fourth-order valence-corrected chi connectivity index (χ4v) is 0.812. The van der Waals surface area contributed by atoms with Crippen LogP contribution in [0.15, 0.2) is 12.1 Å². The van der Waals surface area contributed by atoms with E-state index in [-0.39, 0.29) is 18.5 Å². The number of hydrogen-bond acceptors (Lipinski definition) is 3. The van der Waals surface area contributed by atoms with Crippen LogP contribution in [0.25, 0.3) is 0 Å². The first-order valence-electron chi connectivity index (χ1n) is 4.40. The van der Waals surface area contributed by atoms with E-state index < -0.39 is 29.4 Å². The van der Waals surface area contributed by atoms with Crippen LogP contribution in [0.2, 0.25) is 0 Å². The Kier molecular flexibility index (Phi) is 1.77. The molecule has 0 amide bonds. The molecule has 0 bridgehead atoms. The van der Waals surface area contributed by atoms with Gasteiger partial charge in [-0.05, 0) is 24.6 Å². The van der Waals surface area contributed by atoms with Crippen molar-refractivity contribution in [2.75, 3.05) is 6.54 Å². The van der Waals surface area contributed by atoms with Gasteiger partial charge in [0.15, 0.2) is 17.3 Å². The zero-order valence-electron chi connectivity index (χ0n) is 8.26. The van der Waals surface area contributed by atoms with Crippen LogP contribution in [0.3, 0.4) is 0 Å². The number of phenols is 2. The Balaban J connectivity index is 3.43. The maximum Gasteiger partial charge on any atom is 0.194 e. The second-order valence-electron chi connectivity index (χ2n) is 2.28. The van der Waals surface area contributed by atoms with Gasteiger partial charge in [-0.1, -0.05) is 6.04 Å². The lowest BCUT2D eigenvalue weighted by Crippen LogP contribution is -2.04. The van der Waals surface area contributed by atoms with E-state index in [1.165, 1.54) is 0 Å². The normalized spacial score (nSPS) is 12.5. The lowest BCUT2D eigenvalue weighted by molar-refractivity contribution is 0.376. The van der Waals surface area contributed by atoms with Crippen LogP contribution in [0.1, 0.15) is 8.30 Å². The van der Waals surface area contributed by atoms with Crippen molar-refractivity contribution >= 4 is 0 Å². The monoisotopic (exact) mass is 175 g/mol. The molecule has 0 aliphatic rings. The van der Waals surface area contributed by atoms with Gasteiger partial charge in [0.25, 0.3) is 0 Å². The average Bonchev–Trinajstić information content (AvgIpc) is 2.19. The van der Waals surface area contributed by atoms with E-state index in [0.717, 1.165) is 0 Å². The van der Waals surface area contributed by atoms with Crippen LogP contribution in [-0.4, -0.2) is 16.8 Å². The van der Waals surface area contributed by atoms with Gasteiger partial charge in [-0.2, -0.15) is 0 Å². The van der Waals surface area contributed by atoms with Gasteiger partial charge >= 0.3 is 0 Å². The summed E-state index contributed by atoms with van der Waals surface area (Å²) in [6, 6.07) is -1.03. The fraction of sp³-hybridized carbons (Fsp3) is 0.250. The van der Waals surface area contributed by atoms with Gasteiger partial charge in [-0.3, -0.25) is 0 Å². The third-order valence-electron chi connectivity index (χ3n) is 1.42. The maximum atomic E-state index is 13.2. The predicted molar refractivity (Wildman–Crippen MR) is 42.5 cm³/mol. The van der Waals surface area contributed by atoms with E-state index in [9.17, 15) is 4.39 Å². The van der Waals surface area contributed by atoms with Crippen molar-refractivity contribution < 1.29 is 17.3 Å². The fourth-order valence-electron chi connectivity index (χ4n) is 0.812. The summed E-state index contributed by atoms with van der Waals surface area (Å²) >= 11 is 0. The smallest absolute Gasteiger partial charge is 0.194 e. The van der Waals surface area contributed by atoms with Crippen molar-refractivity contribution in [1.29, 1.82) is 0 Å². The molecule has 0 saturated heterocycles. The second kappa shape index (κ2) is 3.40. The number of aromatic hydroxyl groups is 2. The summed E-state index contributed by atoms with van der Waals surface area (Å²) in [5.41, 5.74) is 5.04. The molecule has 66 valence electrons. The number of halogens is 1. The molecule has 1 aromatic carbocycles. The molecule has 0 radical (unpaired) electrons. The molecular formula is C8H10FNO2. The number of rotatable bonds is 2. The first-order chi connectivity index (χ1) is 6.50. The average molecular weight is 175 g/mol. The van der Waals surface area contributed by atoms with Crippen LogP contribution in [0.4, 0.5) is 4.39 Å². The van der Waals surface area contributed by atoms with Crippen molar-refractivity contribution in [3.05, 3.63) is 23.5 Å². The summed E-state index contributed by atoms with van der Waals surface area (Å²) < 4.78 is 27.7. The third kappa shape index (κ3) is 1.48. The largest absolute Gasteiger partial charge is 0.504 e. The molecule has 4 N–H and O–H groups in total. The highest BCUT2D eigenvalue weighted by molar-refractivity contribution is 5.42. The highest BCUT2D eigenvalue weighted by Gasteiger charge is 2.10. The van der Waals surface area contributed by atoms with Crippen LogP contribution in [0.5, 0.6) is 11.5 Å². The Morgan fingerprint density at radius 3 is 2.75 bits per heavy atom. The molecule has 0 unspecified atom stereocenters. The van der Waals surface area contributed by atoms with Crippen molar-refractivity contribution in [2.45, 2.75) is 6.42 Å². The van der Waals surface area contributed by atoms with Gasteiger partial charge in [0.05, 0.1) is 2.74 Å². The Hall–Kier alpha value is -1.29. The van der Waals surface area contributed by atoms with Gasteiger partial charge in [-0.25, -0.2) is 4.39 Å². The molecule has 4 heteroatoms. The van der Waals surface area contributed by atoms with Crippen LogP contribution in [-0.2, 0) is 6.42 Å². The number of phenolic OH excluding ortho intramolecular Hbond substituents is 2. The molecule has 0 aliphatic heterocycles. The van der Waals surface area contributed by atoms with E-state index in [1.807, 2.05) is 0 Å². The number of hydrogen-bond donors (Lipinski definition) is 3. The molecule has 0 spiro atoms. The van der Waals surface area contributed by atoms with Gasteiger partial charge in [0, 0.05) is 0 Å². The Labute approximate surface area is 72.1 Å². The molecule has 12 heavy (non-hydrogen) atoms. The Morgan fingerprint density at radius 1 is 1.50 bits per heavy atom. The van der Waals surface area contributed by atoms with Gasteiger partial charge in [0.1, 0.15) is 0 Å². The summed E-state index contributed by atoms with van der Waals surface area (Å²) in [4.78, 5) is 0. The lowest BCUT2D eigenvalue weighted by Gasteiger charge is -2.03. The third-order valence-corrected chi connectivity index (χ3v) is 1.42. The van der Waals surface area contributed by atoms with Gasteiger partial charge in [-0.15, -0.1) is 0 Å². The Morgan fingerprint density at radius 2 is 2.17 bits per heavy atom. The van der Waals surface area contributed by atoms with E-state index >= 15 is 0 Å². The topological polar surface area (TPSA) is 66.5 Å². The molecule has 3 nitrogen and oxygen atoms in total. The molecule has 0 saturated carbocycles. The molecule has 0 aromatic heterocycles. The van der Waals surface area contributed by atoms with E-state index in [1.54, 1.807) is 0 Å². The summed E-state index contributed by atoms with van der Waals surface area (Å²) in [7, 11) is 0. The van der Waals surface area contributed by atoms with E-state index in [2.05, 4.69) is 0 Å². The van der Waals surface area contributed by atoms with Crippen LogP contribution >= 0.6 is 0 Å². The summed E-state index contributed by atoms with van der Waals surface area (Å²) in [6.07, 6.45) is 0.0460. The summed E-state index contributed by atoms with van der Waals surface area (Å²) in [5.74, 6) is -2.98. The molecule has 0 aliphatic carbocycles. The van der Waals surface area contributed by atoms with Crippen molar-refractivity contribution in [1.82, 2.24) is 0 Å². The van der Waals surface area contributed by atoms with Crippen LogP contribution < -0.4 is 5.73 Å². The van der Waals surface area contributed by atoms with E-state index in [0.29, 0.717) is 0 Å². The molecule has 0 heterocycles. The minimum atomic E-state index is -1.08. The predicted octanol–water partition coefficient (Wildman–Crippen LogP) is 0.738. The Bertz CT molecular complexity index is 342. The highest BCUT2D eigenvalue weighted by Crippen LogP contribution is 2.29. The second-order valence-corrected chi connectivity index (χ2v) is 2.28. The number of nitrogens with two attached hydrogens (primary N) is 1. The van der Waals surface area contributed by atoms with Gasteiger partial charge in [0.2, 0.25) is 0 Å². The van der Waals surface area contributed by atoms with Crippen LogP contribution in [0, 0.1) is 5.82 Å². The standard InChI is InChI=1S/C8H10FNO2/c9-7-5(3-4-10)1-2-6(11)8(7)12/h1-2,11-12H,3-4,10H2/i1T,2T.